The van der Waals surface area contributed by atoms with Crippen LogP contribution in [0.3, 0.4) is 0 Å². The number of nitrogens with zero attached hydrogens (tertiary/aromatic N) is 1. The van der Waals surface area contributed by atoms with E-state index >= 15 is 0 Å². The van der Waals surface area contributed by atoms with E-state index in [1.807, 2.05) is 36.5 Å². The first-order valence-corrected chi connectivity index (χ1v) is 6.25. The molecule has 0 saturated carbocycles. The Morgan fingerprint density at radius 1 is 1.00 bits per heavy atom. The van der Waals surface area contributed by atoms with Crippen molar-refractivity contribution >= 4 is 28.7 Å². The van der Waals surface area contributed by atoms with Gasteiger partial charge in [0, 0.05) is 39.5 Å². The molecule has 0 atom stereocenters. The molecular weight excluding hydrogens is 258 g/mol. The monoisotopic (exact) mass is 267 g/mol. The van der Waals surface area contributed by atoms with Gasteiger partial charge in [-0.3, -0.25) is 9.78 Å². The number of aldehydes is 1. The summed E-state index contributed by atoms with van der Waals surface area (Å²) >= 11 is 6.26. The lowest BCUT2D eigenvalue weighted by Gasteiger charge is -2.08. The Morgan fingerprint density at radius 2 is 1.84 bits per heavy atom. The van der Waals surface area contributed by atoms with Crippen molar-refractivity contribution in [1.82, 2.24) is 4.98 Å². The minimum absolute atomic E-state index is 0.558. The maximum Gasteiger partial charge on any atom is 0.150 e. The predicted octanol–water partition coefficient (Wildman–Crippen LogP) is 4.37. The lowest BCUT2D eigenvalue weighted by molar-refractivity contribution is 0.112. The number of hydrogen-bond donors (Lipinski definition) is 0. The SMILES string of the molecule is O=Cc1ccc(-c2cncc3ccccc23)c(Cl)c1. The molecule has 0 aliphatic carbocycles. The number of pyridine rings is 1. The molecule has 0 N–H and O–H groups in total. The first-order chi connectivity index (χ1) is 9.29. The second-order valence-electron chi connectivity index (χ2n) is 4.27. The standard InChI is InChI=1S/C16H10ClNO/c17-16-7-11(10-19)5-6-14(16)15-9-18-8-12-3-1-2-4-13(12)15/h1-10H. The van der Waals surface area contributed by atoms with Crippen molar-refractivity contribution in [2.45, 2.75) is 0 Å². The normalized spacial score (nSPS) is 10.6. The Labute approximate surface area is 115 Å². The maximum absolute atomic E-state index is 10.7. The van der Waals surface area contributed by atoms with Gasteiger partial charge in [0.25, 0.3) is 0 Å². The highest BCUT2D eigenvalue weighted by Crippen LogP contribution is 2.33. The first kappa shape index (κ1) is 11.9. The van der Waals surface area contributed by atoms with Crippen LogP contribution in [0.2, 0.25) is 5.02 Å². The van der Waals surface area contributed by atoms with Gasteiger partial charge in [0.15, 0.2) is 0 Å². The van der Waals surface area contributed by atoms with Gasteiger partial charge < -0.3 is 0 Å². The molecule has 19 heavy (non-hydrogen) atoms. The predicted molar refractivity (Wildman–Crippen MR) is 77.6 cm³/mol. The summed E-state index contributed by atoms with van der Waals surface area (Å²) in [6, 6.07) is 13.3. The van der Waals surface area contributed by atoms with Gasteiger partial charge in [0.05, 0.1) is 0 Å². The zero-order valence-corrected chi connectivity index (χ0v) is 10.8. The topological polar surface area (TPSA) is 30.0 Å². The van der Waals surface area contributed by atoms with E-state index in [2.05, 4.69) is 4.98 Å². The minimum atomic E-state index is 0.558. The van der Waals surface area contributed by atoms with Gasteiger partial charge in [-0.25, -0.2) is 0 Å². The molecule has 0 spiro atoms. The van der Waals surface area contributed by atoms with E-state index in [1.165, 1.54) is 0 Å². The van der Waals surface area contributed by atoms with E-state index in [4.69, 9.17) is 11.6 Å². The maximum atomic E-state index is 10.7. The van der Waals surface area contributed by atoms with E-state index in [9.17, 15) is 4.79 Å². The molecule has 1 heterocycles. The highest BCUT2D eigenvalue weighted by Gasteiger charge is 2.08. The number of carbonyl (C=O) groups is 1. The molecule has 3 aromatic rings. The van der Waals surface area contributed by atoms with Crippen molar-refractivity contribution in [3.63, 3.8) is 0 Å². The van der Waals surface area contributed by atoms with Crippen molar-refractivity contribution in [2.24, 2.45) is 0 Å². The van der Waals surface area contributed by atoms with E-state index in [1.54, 1.807) is 18.3 Å². The number of halogens is 1. The molecule has 0 saturated heterocycles. The molecule has 0 aliphatic rings. The summed E-state index contributed by atoms with van der Waals surface area (Å²) < 4.78 is 0. The van der Waals surface area contributed by atoms with Gasteiger partial charge in [-0.2, -0.15) is 0 Å². The molecule has 0 fully saturated rings. The van der Waals surface area contributed by atoms with Crippen LogP contribution in [0.1, 0.15) is 10.4 Å². The Morgan fingerprint density at radius 3 is 2.63 bits per heavy atom. The van der Waals surface area contributed by atoms with Crippen LogP contribution >= 0.6 is 11.6 Å². The number of carbonyl (C=O) groups excluding carboxylic acids is 1. The zero-order chi connectivity index (χ0) is 13.2. The van der Waals surface area contributed by atoms with Gasteiger partial charge in [-0.15, -0.1) is 0 Å². The van der Waals surface area contributed by atoms with Crippen LogP contribution in [-0.2, 0) is 0 Å². The molecule has 0 unspecified atom stereocenters. The van der Waals surface area contributed by atoms with Gasteiger partial charge in [0.2, 0.25) is 0 Å². The number of aromatic nitrogens is 1. The molecule has 3 rings (SSSR count). The van der Waals surface area contributed by atoms with Crippen LogP contribution in [0.5, 0.6) is 0 Å². The summed E-state index contributed by atoms with van der Waals surface area (Å²) in [4.78, 5) is 15.0. The van der Waals surface area contributed by atoms with Gasteiger partial charge in [-0.05, 0) is 11.5 Å². The summed E-state index contributed by atoms with van der Waals surface area (Å²) in [7, 11) is 0. The average Bonchev–Trinajstić information content (AvgIpc) is 2.46. The zero-order valence-electron chi connectivity index (χ0n) is 10.0. The van der Waals surface area contributed by atoms with Crippen molar-refractivity contribution in [2.75, 3.05) is 0 Å². The summed E-state index contributed by atoms with van der Waals surface area (Å²) in [5.41, 5.74) is 2.43. The number of benzene rings is 2. The summed E-state index contributed by atoms with van der Waals surface area (Å²) in [6.45, 7) is 0. The Bertz CT molecular complexity index is 762. The largest absolute Gasteiger partial charge is 0.298 e. The van der Waals surface area contributed by atoms with E-state index in [-0.39, 0.29) is 0 Å². The van der Waals surface area contributed by atoms with Crippen molar-refractivity contribution in [1.29, 1.82) is 0 Å². The Balaban J connectivity index is 2.27. The third-order valence-corrected chi connectivity index (χ3v) is 3.40. The van der Waals surface area contributed by atoms with Gasteiger partial charge >= 0.3 is 0 Å². The second-order valence-corrected chi connectivity index (χ2v) is 4.67. The van der Waals surface area contributed by atoms with Crippen LogP contribution in [0, 0.1) is 0 Å². The average molecular weight is 268 g/mol. The van der Waals surface area contributed by atoms with Crippen molar-refractivity contribution in [3.8, 4) is 11.1 Å². The van der Waals surface area contributed by atoms with Gasteiger partial charge in [-0.1, -0.05) is 48.0 Å². The summed E-state index contributed by atoms with van der Waals surface area (Å²) in [5, 5.41) is 2.72. The third-order valence-electron chi connectivity index (χ3n) is 3.09. The summed E-state index contributed by atoms with van der Waals surface area (Å²) in [5.74, 6) is 0. The van der Waals surface area contributed by atoms with Crippen LogP contribution in [0.4, 0.5) is 0 Å². The molecule has 2 nitrogen and oxygen atoms in total. The highest BCUT2D eigenvalue weighted by atomic mass is 35.5. The fourth-order valence-electron chi connectivity index (χ4n) is 2.15. The molecule has 2 aromatic carbocycles. The molecule has 0 aliphatic heterocycles. The molecule has 1 aromatic heterocycles. The van der Waals surface area contributed by atoms with Crippen LogP contribution in [0.25, 0.3) is 21.9 Å². The number of rotatable bonds is 2. The smallest absolute Gasteiger partial charge is 0.150 e. The minimum Gasteiger partial charge on any atom is -0.298 e. The number of hydrogen-bond acceptors (Lipinski definition) is 2. The lowest BCUT2D eigenvalue weighted by Crippen LogP contribution is -1.87. The fraction of sp³-hybridized carbons (Fsp3) is 0. The third kappa shape index (κ3) is 2.11. The van der Waals surface area contributed by atoms with Gasteiger partial charge in [0.1, 0.15) is 6.29 Å². The molecule has 0 bridgehead atoms. The lowest BCUT2D eigenvalue weighted by atomic mass is 10.00. The Hall–Kier alpha value is -2.19. The summed E-state index contributed by atoms with van der Waals surface area (Å²) in [6.07, 6.45) is 4.41. The molecule has 3 heteroatoms. The van der Waals surface area contributed by atoms with Crippen LogP contribution in [-0.4, -0.2) is 11.3 Å². The van der Waals surface area contributed by atoms with E-state index < -0.39 is 0 Å². The van der Waals surface area contributed by atoms with Crippen molar-refractivity contribution < 1.29 is 4.79 Å². The van der Waals surface area contributed by atoms with E-state index in [0.29, 0.717) is 10.6 Å². The highest BCUT2D eigenvalue weighted by molar-refractivity contribution is 6.34. The second kappa shape index (κ2) is 4.82. The quantitative estimate of drug-likeness (QED) is 0.646. The van der Waals surface area contributed by atoms with E-state index in [0.717, 1.165) is 28.2 Å². The molecule has 92 valence electrons. The molecule has 0 amide bonds. The molecule has 0 radical (unpaired) electrons. The first-order valence-electron chi connectivity index (χ1n) is 5.87. The molecular formula is C16H10ClNO. The van der Waals surface area contributed by atoms with Crippen molar-refractivity contribution in [3.05, 3.63) is 65.4 Å². The Kier molecular flexibility index (Phi) is 3.02. The van der Waals surface area contributed by atoms with Crippen LogP contribution in [0.15, 0.2) is 54.9 Å². The number of fused-ring (bicyclic) bond motifs is 1. The fourth-order valence-corrected chi connectivity index (χ4v) is 2.45. The van der Waals surface area contributed by atoms with Crippen LogP contribution < -0.4 is 0 Å².